The summed E-state index contributed by atoms with van der Waals surface area (Å²) in [5.74, 6) is -0.482. The minimum absolute atomic E-state index is 0.368. The molecule has 2 aromatic carbocycles. The van der Waals surface area contributed by atoms with Crippen LogP contribution in [-0.4, -0.2) is 27.1 Å². The summed E-state index contributed by atoms with van der Waals surface area (Å²) in [5.41, 5.74) is 2.33. The number of halogens is 2. The Morgan fingerprint density at radius 3 is 2.40 bits per heavy atom. The van der Waals surface area contributed by atoms with Crippen molar-refractivity contribution >= 4 is 50.5 Å². The topological polar surface area (TPSA) is 66.5 Å². The fraction of sp³-hybridized carbons (Fsp3) is 0.235. The molecule has 0 unspecified atom stereocenters. The van der Waals surface area contributed by atoms with Gasteiger partial charge in [0.05, 0.1) is 11.9 Å². The van der Waals surface area contributed by atoms with Crippen LogP contribution in [0, 0.1) is 13.8 Å². The molecule has 0 radical (unpaired) electrons. The number of hydrogen-bond donors (Lipinski definition) is 1. The summed E-state index contributed by atoms with van der Waals surface area (Å²) in [4.78, 5) is 12.3. The van der Waals surface area contributed by atoms with Crippen LogP contribution in [0.4, 0.5) is 11.4 Å². The van der Waals surface area contributed by atoms with E-state index in [1.165, 1.54) is 0 Å². The molecule has 0 fully saturated rings. The molecule has 0 atom stereocenters. The van der Waals surface area contributed by atoms with Gasteiger partial charge in [-0.2, -0.15) is 0 Å². The summed E-state index contributed by atoms with van der Waals surface area (Å²) in [5, 5.41) is 3.60. The Bertz CT molecular complexity index is 914. The Labute approximate surface area is 157 Å². The van der Waals surface area contributed by atoms with Gasteiger partial charge in [0.25, 0.3) is 0 Å². The second-order valence-electron chi connectivity index (χ2n) is 5.67. The third kappa shape index (κ3) is 4.87. The maximum Gasteiger partial charge on any atom is 0.245 e. The SMILES string of the molecule is Cc1ccc(NC(=O)CN(c2cccc(Cl)c2C)S(C)(=O)=O)cc1Cl. The summed E-state index contributed by atoms with van der Waals surface area (Å²) >= 11 is 12.1. The molecule has 0 bridgehead atoms. The van der Waals surface area contributed by atoms with Crippen LogP contribution in [0.25, 0.3) is 0 Å². The van der Waals surface area contributed by atoms with Gasteiger partial charge in [-0.05, 0) is 49.2 Å². The van der Waals surface area contributed by atoms with Crippen molar-refractivity contribution in [3.63, 3.8) is 0 Å². The Hall–Kier alpha value is -1.76. The van der Waals surface area contributed by atoms with E-state index in [2.05, 4.69) is 5.32 Å². The van der Waals surface area contributed by atoms with E-state index in [9.17, 15) is 13.2 Å². The number of hydrogen-bond acceptors (Lipinski definition) is 3. The predicted octanol–water partition coefficient (Wildman–Crippen LogP) is 4.01. The highest BCUT2D eigenvalue weighted by atomic mass is 35.5. The lowest BCUT2D eigenvalue weighted by atomic mass is 10.2. The first-order valence-electron chi connectivity index (χ1n) is 7.38. The molecule has 134 valence electrons. The molecule has 8 heteroatoms. The predicted molar refractivity (Wildman–Crippen MR) is 103 cm³/mol. The maximum absolute atomic E-state index is 12.3. The molecule has 0 aliphatic carbocycles. The van der Waals surface area contributed by atoms with Crippen molar-refractivity contribution < 1.29 is 13.2 Å². The Kier molecular flexibility index (Phi) is 5.98. The van der Waals surface area contributed by atoms with Gasteiger partial charge in [-0.15, -0.1) is 0 Å². The number of aryl methyl sites for hydroxylation is 1. The highest BCUT2D eigenvalue weighted by Crippen LogP contribution is 2.28. The third-order valence-corrected chi connectivity index (χ3v) is 5.59. The van der Waals surface area contributed by atoms with E-state index in [1.54, 1.807) is 43.3 Å². The summed E-state index contributed by atoms with van der Waals surface area (Å²) in [6.07, 6.45) is 1.05. The monoisotopic (exact) mass is 400 g/mol. The van der Waals surface area contributed by atoms with E-state index in [0.29, 0.717) is 27.0 Å². The average molecular weight is 401 g/mol. The van der Waals surface area contributed by atoms with Crippen LogP contribution in [0.2, 0.25) is 10.0 Å². The number of rotatable bonds is 5. The van der Waals surface area contributed by atoms with Crippen molar-refractivity contribution in [2.75, 3.05) is 22.4 Å². The normalized spacial score (nSPS) is 11.2. The molecule has 0 aromatic heterocycles. The summed E-state index contributed by atoms with van der Waals surface area (Å²) in [7, 11) is -3.67. The van der Waals surface area contributed by atoms with Crippen molar-refractivity contribution in [3.05, 3.63) is 57.6 Å². The van der Waals surface area contributed by atoms with Crippen molar-refractivity contribution in [2.45, 2.75) is 13.8 Å². The van der Waals surface area contributed by atoms with Gasteiger partial charge in [0.2, 0.25) is 15.9 Å². The van der Waals surface area contributed by atoms with E-state index in [0.717, 1.165) is 16.1 Å². The summed E-state index contributed by atoms with van der Waals surface area (Å²) in [6.45, 7) is 3.18. The van der Waals surface area contributed by atoms with Gasteiger partial charge < -0.3 is 5.32 Å². The number of carbonyl (C=O) groups excluding carboxylic acids is 1. The van der Waals surface area contributed by atoms with E-state index in [1.807, 2.05) is 6.92 Å². The maximum atomic E-state index is 12.3. The molecular formula is C17H18Cl2N2O3S. The van der Waals surface area contributed by atoms with Gasteiger partial charge in [0, 0.05) is 15.7 Å². The second kappa shape index (κ2) is 7.64. The lowest BCUT2D eigenvalue weighted by molar-refractivity contribution is -0.114. The molecule has 25 heavy (non-hydrogen) atoms. The van der Waals surface area contributed by atoms with Crippen molar-refractivity contribution in [1.29, 1.82) is 0 Å². The molecule has 0 saturated heterocycles. The van der Waals surface area contributed by atoms with Crippen molar-refractivity contribution in [2.24, 2.45) is 0 Å². The number of nitrogens with zero attached hydrogens (tertiary/aromatic N) is 1. The molecular weight excluding hydrogens is 383 g/mol. The zero-order valence-corrected chi connectivity index (χ0v) is 16.3. The minimum atomic E-state index is -3.67. The third-order valence-electron chi connectivity index (χ3n) is 3.65. The Morgan fingerprint density at radius 1 is 1.12 bits per heavy atom. The van der Waals surface area contributed by atoms with Gasteiger partial charge in [-0.25, -0.2) is 8.42 Å². The average Bonchev–Trinajstić information content (AvgIpc) is 2.51. The van der Waals surface area contributed by atoms with Crippen LogP contribution in [0.15, 0.2) is 36.4 Å². The second-order valence-corrected chi connectivity index (χ2v) is 8.39. The number of sulfonamides is 1. The molecule has 2 rings (SSSR count). The van der Waals surface area contributed by atoms with E-state index in [-0.39, 0.29) is 6.54 Å². The smallest absolute Gasteiger partial charge is 0.245 e. The number of carbonyl (C=O) groups is 1. The molecule has 0 aliphatic heterocycles. The van der Waals surface area contributed by atoms with Crippen LogP contribution in [0.1, 0.15) is 11.1 Å². The molecule has 0 aliphatic rings. The van der Waals surface area contributed by atoms with Gasteiger partial charge >= 0.3 is 0 Å². The molecule has 5 nitrogen and oxygen atoms in total. The zero-order chi connectivity index (χ0) is 18.8. The van der Waals surface area contributed by atoms with E-state index in [4.69, 9.17) is 23.2 Å². The van der Waals surface area contributed by atoms with Gasteiger partial charge in [0.15, 0.2) is 0 Å². The largest absolute Gasteiger partial charge is 0.324 e. The Balaban J connectivity index is 2.27. The fourth-order valence-electron chi connectivity index (χ4n) is 2.25. The van der Waals surface area contributed by atoms with Crippen LogP contribution < -0.4 is 9.62 Å². The van der Waals surface area contributed by atoms with Crippen LogP contribution in [-0.2, 0) is 14.8 Å². The summed E-state index contributed by atoms with van der Waals surface area (Å²) in [6, 6.07) is 10.0. The standard InChI is InChI=1S/C17H18Cl2N2O3S/c1-11-7-8-13(9-15(11)19)20-17(22)10-21(25(3,23)24)16-6-4-5-14(18)12(16)2/h4-9H,10H2,1-3H3,(H,20,22). The zero-order valence-electron chi connectivity index (χ0n) is 14.0. The van der Waals surface area contributed by atoms with Crippen LogP contribution in [0.3, 0.4) is 0 Å². The van der Waals surface area contributed by atoms with Crippen LogP contribution in [0.5, 0.6) is 0 Å². The minimum Gasteiger partial charge on any atom is -0.324 e. The van der Waals surface area contributed by atoms with Gasteiger partial charge in [0.1, 0.15) is 6.54 Å². The number of benzene rings is 2. The van der Waals surface area contributed by atoms with Crippen molar-refractivity contribution in [1.82, 2.24) is 0 Å². The van der Waals surface area contributed by atoms with E-state index >= 15 is 0 Å². The molecule has 0 heterocycles. The number of amides is 1. The van der Waals surface area contributed by atoms with Crippen LogP contribution >= 0.6 is 23.2 Å². The highest BCUT2D eigenvalue weighted by molar-refractivity contribution is 7.92. The summed E-state index contributed by atoms with van der Waals surface area (Å²) < 4.78 is 25.4. The number of anilines is 2. The fourth-order valence-corrected chi connectivity index (χ4v) is 3.51. The molecule has 1 N–H and O–H groups in total. The van der Waals surface area contributed by atoms with Crippen molar-refractivity contribution in [3.8, 4) is 0 Å². The quantitative estimate of drug-likeness (QED) is 0.823. The first kappa shape index (κ1) is 19.6. The first-order chi connectivity index (χ1) is 11.6. The Morgan fingerprint density at radius 2 is 1.80 bits per heavy atom. The van der Waals surface area contributed by atoms with Gasteiger partial charge in [-0.3, -0.25) is 9.10 Å². The molecule has 0 saturated carbocycles. The number of nitrogens with one attached hydrogen (secondary N) is 1. The van der Waals surface area contributed by atoms with E-state index < -0.39 is 15.9 Å². The molecule has 0 spiro atoms. The lowest BCUT2D eigenvalue weighted by Crippen LogP contribution is -2.37. The molecule has 1 amide bonds. The highest BCUT2D eigenvalue weighted by Gasteiger charge is 2.23. The first-order valence-corrected chi connectivity index (χ1v) is 9.99. The molecule has 2 aromatic rings. The van der Waals surface area contributed by atoms with Gasteiger partial charge in [-0.1, -0.05) is 35.3 Å². The lowest BCUT2D eigenvalue weighted by Gasteiger charge is -2.24.